The molecule has 1 N–H and O–H groups in total. The van der Waals surface area contributed by atoms with Crippen molar-refractivity contribution in [3.05, 3.63) is 59.7 Å². The number of carbonyl (C=O) groups is 2. The summed E-state index contributed by atoms with van der Waals surface area (Å²) in [5.74, 6) is -1.09. The Hall–Kier alpha value is -2.82. The summed E-state index contributed by atoms with van der Waals surface area (Å²) in [4.78, 5) is 25.6. The number of hydrogen-bond acceptors (Lipinski definition) is 3. The monoisotopic (exact) mass is 325 g/mol. The van der Waals surface area contributed by atoms with E-state index in [2.05, 4.69) is 0 Å². The number of amides is 1. The third-order valence-corrected chi connectivity index (χ3v) is 4.56. The molecule has 3 rings (SSSR count). The van der Waals surface area contributed by atoms with Crippen LogP contribution in [0.4, 0.5) is 4.79 Å². The molecular formula is C19H19NO4. The standard InChI is InChI=1S/C19H19NO4/c1-19(2,17(21)22)20(18(23)24-3)16-14-10-6-4-8-12(14)13-9-5-7-11-15(13)16/h4-11,16H,1-3H3,(H,21,22). The van der Waals surface area contributed by atoms with Gasteiger partial charge in [0, 0.05) is 0 Å². The predicted molar refractivity (Wildman–Crippen MR) is 89.7 cm³/mol. The number of nitrogens with zero attached hydrogens (tertiary/aromatic N) is 1. The topological polar surface area (TPSA) is 66.8 Å². The first-order chi connectivity index (χ1) is 11.4. The van der Waals surface area contributed by atoms with Crippen molar-refractivity contribution in [2.45, 2.75) is 25.4 Å². The van der Waals surface area contributed by atoms with Gasteiger partial charge in [-0.25, -0.2) is 9.59 Å². The number of benzene rings is 2. The fourth-order valence-electron chi connectivity index (χ4n) is 3.26. The fourth-order valence-corrected chi connectivity index (χ4v) is 3.26. The largest absolute Gasteiger partial charge is 0.480 e. The molecule has 0 heterocycles. The number of carbonyl (C=O) groups excluding carboxylic acids is 1. The predicted octanol–water partition coefficient (Wildman–Crippen LogP) is 3.69. The van der Waals surface area contributed by atoms with E-state index in [9.17, 15) is 14.7 Å². The zero-order valence-electron chi connectivity index (χ0n) is 13.8. The van der Waals surface area contributed by atoms with Gasteiger partial charge in [0.1, 0.15) is 5.54 Å². The Kier molecular flexibility index (Phi) is 3.79. The Morgan fingerprint density at radius 3 is 1.88 bits per heavy atom. The van der Waals surface area contributed by atoms with Crippen LogP contribution in [0.25, 0.3) is 11.1 Å². The molecule has 0 saturated heterocycles. The summed E-state index contributed by atoms with van der Waals surface area (Å²) < 4.78 is 4.91. The molecular weight excluding hydrogens is 306 g/mol. The molecule has 0 bridgehead atoms. The lowest BCUT2D eigenvalue weighted by molar-refractivity contribution is -0.149. The maximum atomic E-state index is 12.5. The summed E-state index contributed by atoms with van der Waals surface area (Å²) in [7, 11) is 1.26. The highest BCUT2D eigenvalue weighted by Gasteiger charge is 2.46. The molecule has 5 heteroatoms. The van der Waals surface area contributed by atoms with E-state index in [1.807, 2.05) is 48.5 Å². The number of hydrogen-bond donors (Lipinski definition) is 1. The van der Waals surface area contributed by atoms with Crippen LogP contribution in [0.2, 0.25) is 0 Å². The minimum absolute atomic E-state index is 0.504. The number of ether oxygens (including phenoxy) is 1. The highest BCUT2D eigenvalue weighted by Crippen LogP contribution is 2.48. The summed E-state index contributed by atoms with van der Waals surface area (Å²) in [5, 5.41) is 9.66. The van der Waals surface area contributed by atoms with E-state index in [1.54, 1.807) is 0 Å². The lowest BCUT2D eigenvalue weighted by atomic mass is 9.95. The molecule has 1 aliphatic rings. The Morgan fingerprint density at radius 1 is 1.00 bits per heavy atom. The van der Waals surface area contributed by atoms with Crippen molar-refractivity contribution in [2.75, 3.05) is 7.11 Å². The van der Waals surface area contributed by atoms with Crippen LogP contribution >= 0.6 is 0 Å². The van der Waals surface area contributed by atoms with Crippen molar-refractivity contribution in [3.8, 4) is 11.1 Å². The van der Waals surface area contributed by atoms with Gasteiger partial charge >= 0.3 is 12.1 Å². The number of aliphatic carboxylic acids is 1. The van der Waals surface area contributed by atoms with E-state index in [-0.39, 0.29) is 0 Å². The molecule has 24 heavy (non-hydrogen) atoms. The first kappa shape index (κ1) is 16.1. The maximum absolute atomic E-state index is 12.5. The quantitative estimate of drug-likeness (QED) is 0.934. The van der Waals surface area contributed by atoms with Crippen LogP contribution < -0.4 is 0 Å². The maximum Gasteiger partial charge on any atom is 0.411 e. The van der Waals surface area contributed by atoms with Gasteiger partial charge in [-0.15, -0.1) is 0 Å². The lowest BCUT2D eigenvalue weighted by Crippen LogP contribution is -2.54. The number of carboxylic acids is 1. The minimum Gasteiger partial charge on any atom is -0.480 e. The highest BCUT2D eigenvalue weighted by molar-refractivity contribution is 5.87. The molecule has 0 spiro atoms. The molecule has 1 amide bonds. The summed E-state index contributed by atoms with van der Waals surface area (Å²) in [6, 6.07) is 15.0. The van der Waals surface area contributed by atoms with E-state index < -0.39 is 23.6 Å². The van der Waals surface area contributed by atoms with E-state index in [0.29, 0.717) is 0 Å². The summed E-state index contributed by atoms with van der Waals surface area (Å²) in [6.45, 7) is 3.02. The highest BCUT2D eigenvalue weighted by atomic mass is 16.5. The Bertz CT molecular complexity index is 767. The van der Waals surface area contributed by atoms with E-state index in [4.69, 9.17) is 4.74 Å². The van der Waals surface area contributed by atoms with Crippen LogP contribution in [0.3, 0.4) is 0 Å². The van der Waals surface area contributed by atoms with Crippen LogP contribution in [-0.4, -0.2) is 34.7 Å². The van der Waals surface area contributed by atoms with Crippen LogP contribution in [0.1, 0.15) is 31.0 Å². The molecule has 0 saturated carbocycles. The molecule has 0 fully saturated rings. The van der Waals surface area contributed by atoms with E-state index >= 15 is 0 Å². The molecule has 124 valence electrons. The fraction of sp³-hybridized carbons (Fsp3) is 0.263. The van der Waals surface area contributed by atoms with Gasteiger partial charge in [0.05, 0.1) is 13.2 Å². The van der Waals surface area contributed by atoms with Gasteiger partial charge in [-0.05, 0) is 36.1 Å². The van der Waals surface area contributed by atoms with Gasteiger partial charge in [-0.2, -0.15) is 0 Å². The van der Waals surface area contributed by atoms with Crippen molar-refractivity contribution >= 4 is 12.1 Å². The molecule has 2 aromatic carbocycles. The molecule has 0 aliphatic heterocycles. The van der Waals surface area contributed by atoms with Gasteiger partial charge in [-0.3, -0.25) is 4.90 Å². The number of carboxylic acid groups (broad SMARTS) is 1. The van der Waals surface area contributed by atoms with Crippen molar-refractivity contribution in [3.63, 3.8) is 0 Å². The summed E-state index contributed by atoms with van der Waals surface area (Å²) >= 11 is 0. The van der Waals surface area contributed by atoms with Gasteiger partial charge in [0.2, 0.25) is 0 Å². The van der Waals surface area contributed by atoms with Crippen LogP contribution in [0.15, 0.2) is 48.5 Å². The van der Waals surface area contributed by atoms with Gasteiger partial charge < -0.3 is 9.84 Å². The molecule has 2 aromatic rings. The molecule has 5 nitrogen and oxygen atoms in total. The Balaban J connectivity index is 2.25. The van der Waals surface area contributed by atoms with Crippen LogP contribution in [0, 0.1) is 0 Å². The van der Waals surface area contributed by atoms with Crippen molar-refractivity contribution in [1.82, 2.24) is 4.90 Å². The molecule has 0 atom stereocenters. The van der Waals surface area contributed by atoms with Crippen molar-refractivity contribution < 1.29 is 19.4 Å². The average Bonchev–Trinajstić information content (AvgIpc) is 2.89. The molecule has 0 unspecified atom stereocenters. The zero-order valence-corrected chi connectivity index (χ0v) is 13.8. The summed E-state index contributed by atoms with van der Waals surface area (Å²) in [6.07, 6.45) is -0.668. The Labute approximate surface area is 140 Å². The van der Waals surface area contributed by atoms with Crippen molar-refractivity contribution in [1.29, 1.82) is 0 Å². The normalized spacial score (nSPS) is 13.1. The molecule has 1 aliphatic carbocycles. The number of fused-ring (bicyclic) bond motifs is 3. The van der Waals surface area contributed by atoms with Crippen molar-refractivity contribution in [2.24, 2.45) is 0 Å². The first-order valence-corrected chi connectivity index (χ1v) is 7.68. The Morgan fingerprint density at radius 2 is 1.46 bits per heavy atom. The van der Waals surface area contributed by atoms with Crippen LogP contribution in [0.5, 0.6) is 0 Å². The number of methoxy groups -OCH3 is 1. The zero-order chi connectivity index (χ0) is 17.5. The lowest BCUT2D eigenvalue weighted by Gasteiger charge is -2.39. The smallest absolute Gasteiger partial charge is 0.411 e. The first-order valence-electron chi connectivity index (χ1n) is 7.68. The second-order valence-corrected chi connectivity index (χ2v) is 6.28. The summed E-state index contributed by atoms with van der Waals surface area (Å²) in [5.41, 5.74) is 2.39. The van der Waals surface area contributed by atoms with Crippen LogP contribution in [-0.2, 0) is 9.53 Å². The van der Waals surface area contributed by atoms with E-state index in [1.165, 1.54) is 25.9 Å². The molecule has 0 radical (unpaired) electrons. The van der Waals surface area contributed by atoms with E-state index in [0.717, 1.165) is 22.3 Å². The van der Waals surface area contributed by atoms with Gasteiger partial charge in [0.25, 0.3) is 0 Å². The minimum atomic E-state index is -1.43. The van der Waals surface area contributed by atoms with Gasteiger partial charge in [-0.1, -0.05) is 48.5 Å². The SMILES string of the molecule is COC(=O)N(C1c2ccccc2-c2ccccc21)C(C)(C)C(=O)O. The second-order valence-electron chi connectivity index (χ2n) is 6.28. The average molecular weight is 325 g/mol. The number of rotatable bonds is 3. The van der Waals surface area contributed by atoms with Gasteiger partial charge in [0.15, 0.2) is 0 Å². The third-order valence-electron chi connectivity index (χ3n) is 4.56. The third kappa shape index (κ3) is 2.24. The molecule has 0 aromatic heterocycles. The second kappa shape index (κ2) is 5.67.